The van der Waals surface area contributed by atoms with E-state index in [2.05, 4.69) is 30.1 Å². The summed E-state index contributed by atoms with van der Waals surface area (Å²) >= 11 is 0. The fraction of sp³-hybridized carbons (Fsp3) is 0.767. The molecule has 3 fully saturated rings. The lowest BCUT2D eigenvalue weighted by molar-refractivity contribution is -0.208. The number of carbonyl (C=O) groups is 1. The number of methoxy groups -OCH3 is 1. The van der Waals surface area contributed by atoms with Crippen LogP contribution in [0.1, 0.15) is 77.8 Å². The molecule has 0 amide bonds. The number of rotatable bonds is 7. The average Bonchev–Trinajstić information content (AvgIpc) is 3.57. The number of phenols is 1. The van der Waals surface area contributed by atoms with Gasteiger partial charge in [-0.2, -0.15) is 0 Å². The molecule has 1 saturated heterocycles. The van der Waals surface area contributed by atoms with Gasteiger partial charge >= 0.3 is 5.97 Å². The van der Waals surface area contributed by atoms with Crippen LogP contribution >= 0.6 is 0 Å². The van der Waals surface area contributed by atoms with Crippen LogP contribution in [0.25, 0.3) is 0 Å². The number of aromatic hydroxyl groups is 1. The Morgan fingerprint density at radius 3 is 2.65 bits per heavy atom. The minimum atomic E-state index is -0.547. The van der Waals surface area contributed by atoms with Crippen molar-refractivity contribution in [1.29, 1.82) is 0 Å². The first-order valence-electron chi connectivity index (χ1n) is 14.3. The van der Waals surface area contributed by atoms with E-state index in [1.807, 2.05) is 27.9 Å². The summed E-state index contributed by atoms with van der Waals surface area (Å²) in [7, 11) is 1.88. The maximum atomic E-state index is 13.3. The summed E-state index contributed by atoms with van der Waals surface area (Å²) in [6.07, 6.45) is 6.02. The van der Waals surface area contributed by atoms with Gasteiger partial charge in [-0.3, -0.25) is 15.0 Å². The van der Waals surface area contributed by atoms with E-state index in [0.717, 1.165) is 50.3 Å². The molecule has 7 nitrogen and oxygen atoms in total. The lowest BCUT2D eigenvalue weighted by atomic mass is 9.48. The Balaban J connectivity index is 1.40. The second kappa shape index (κ2) is 8.59. The number of likely N-dealkylation sites (tertiary alicyclic amines) is 1. The van der Waals surface area contributed by atoms with Crippen LogP contribution in [0.2, 0.25) is 0 Å². The lowest BCUT2D eigenvalue weighted by Crippen LogP contribution is -2.79. The summed E-state index contributed by atoms with van der Waals surface area (Å²) < 4.78 is 19.3. The van der Waals surface area contributed by atoms with Gasteiger partial charge in [0, 0.05) is 31.3 Å². The molecule has 7 heteroatoms. The van der Waals surface area contributed by atoms with Crippen LogP contribution in [0.15, 0.2) is 12.1 Å². The van der Waals surface area contributed by atoms with Gasteiger partial charge in [0.15, 0.2) is 11.5 Å². The maximum Gasteiger partial charge on any atom is 0.323 e. The molecule has 2 unspecified atom stereocenters. The molecule has 6 rings (SSSR count). The molecule has 0 aromatic heterocycles. The fourth-order valence-corrected chi connectivity index (χ4v) is 8.17. The van der Waals surface area contributed by atoms with Crippen LogP contribution in [-0.4, -0.2) is 71.6 Å². The monoisotopic (exact) mass is 512 g/mol. The van der Waals surface area contributed by atoms with E-state index >= 15 is 0 Å². The molecule has 2 bridgehead atoms. The molecular weight excluding hydrogens is 468 g/mol. The molecule has 6 atom stereocenters. The number of hydrogen-bond acceptors (Lipinski definition) is 7. The summed E-state index contributed by atoms with van der Waals surface area (Å²) in [5.74, 6) is 1.49. The standard InChI is InChI=1S/C30H44N2O5/c1-17(2)24(27(34)37-28(3,4)5)31-20-11-12-30(35-6)22-15-19-9-10-21(33)25-23(19)29(30,26(20)36-25)13-14-32(22)16-18-7-8-18/h9-10,17-18,20,22,24,26,31,33H,7-8,11-16H2,1-6H3/t20-,22?,24-,26-,29?,30+/m0/s1. The number of nitrogens with one attached hydrogen (secondary N) is 1. The highest BCUT2D eigenvalue weighted by atomic mass is 16.6. The topological polar surface area (TPSA) is 80.3 Å². The molecule has 2 N–H and O–H groups in total. The SMILES string of the molecule is CO[C@@]12CC[C@H](N[C@H](C(=O)OC(C)(C)C)C(C)C)[C@@H]3Oc4c(O)ccc5c4C31CCN(CC1CC1)C2C5. The quantitative estimate of drug-likeness (QED) is 0.536. The summed E-state index contributed by atoms with van der Waals surface area (Å²) in [5, 5.41) is 14.7. The zero-order valence-corrected chi connectivity index (χ0v) is 23.3. The van der Waals surface area contributed by atoms with Gasteiger partial charge < -0.3 is 19.3 Å². The average molecular weight is 513 g/mol. The molecule has 2 aliphatic heterocycles. The molecule has 1 aromatic rings. The van der Waals surface area contributed by atoms with Crippen molar-refractivity contribution in [3.05, 3.63) is 23.3 Å². The molecular formula is C30H44N2O5. The van der Waals surface area contributed by atoms with Crippen molar-refractivity contribution in [2.45, 2.75) is 114 Å². The van der Waals surface area contributed by atoms with Gasteiger partial charge in [0.25, 0.3) is 0 Å². The third-order valence-electron chi connectivity index (χ3n) is 9.81. The first kappa shape index (κ1) is 25.4. The molecule has 204 valence electrons. The predicted molar refractivity (Wildman–Crippen MR) is 141 cm³/mol. The zero-order chi connectivity index (χ0) is 26.3. The first-order chi connectivity index (χ1) is 17.5. The first-order valence-corrected chi connectivity index (χ1v) is 14.3. The lowest BCUT2D eigenvalue weighted by Gasteiger charge is -2.66. The van der Waals surface area contributed by atoms with E-state index in [1.54, 1.807) is 6.07 Å². The second-order valence-corrected chi connectivity index (χ2v) is 13.5. The van der Waals surface area contributed by atoms with Crippen LogP contribution in [0.5, 0.6) is 11.5 Å². The molecule has 2 heterocycles. The van der Waals surface area contributed by atoms with Crippen molar-refractivity contribution in [3.8, 4) is 11.5 Å². The van der Waals surface area contributed by atoms with Crippen LogP contribution in [0, 0.1) is 11.8 Å². The van der Waals surface area contributed by atoms with E-state index in [9.17, 15) is 9.90 Å². The number of phenolic OH excluding ortho intramolecular Hbond substituents is 1. The Kier molecular flexibility index (Phi) is 5.91. The van der Waals surface area contributed by atoms with Crippen LogP contribution in [0.4, 0.5) is 0 Å². The smallest absolute Gasteiger partial charge is 0.323 e. The van der Waals surface area contributed by atoms with Gasteiger partial charge in [-0.05, 0) is 89.3 Å². The van der Waals surface area contributed by atoms with Crippen LogP contribution in [-0.2, 0) is 26.1 Å². The van der Waals surface area contributed by atoms with Crippen LogP contribution < -0.4 is 10.1 Å². The zero-order valence-electron chi connectivity index (χ0n) is 23.3. The fourth-order valence-electron chi connectivity index (χ4n) is 8.17. The Labute approximate surface area is 221 Å². The number of piperidine rings is 1. The Morgan fingerprint density at radius 2 is 2.00 bits per heavy atom. The van der Waals surface area contributed by atoms with Gasteiger partial charge in [0.1, 0.15) is 17.7 Å². The second-order valence-electron chi connectivity index (χ2n) is 13.5. The highest BCUT2D eigenvalue weighted by molar-refractivity contribution is 5.76. The number of benzene rings is 1. The third kappa shape index (κ3) is 3.75. The summed E-state index contributed by atoms with van der Waals surface area (Å²) in [6.45, 7) is 12.0. The molecule has 5 aliphatic rings. The number of hydrogen-bond donors (Lipinski definition) is 2. The molecule has 2 saturated carbocycles. The summed E-state index contributed by atoms with van der Waals surface area (Å²) in [5.41, 5.74) is 1.15. The highest BCUT2D eigenvalue weighted by Gasteiger charge is 2.74. The van der Waals surface area contributed by atoms with Crippen molar-refractivity contribution >= 4 is 5.97 Å². The van der Waals surface area contributed by atoms with Crippen molar-refractivity contribution < 1.29 is 24.1 Å². The van der Waals surface area contributed by atoms with E-state index in [0.29, 0.717) is 5.75 Å². The Bertz CT molecular complexity index is 1080. The molecule has 0 radical (unpaired) electrons. The number of nitrogens with zero attached hydrogens (tertiary/aromatic N) is 1. The van der Waals surface area contributed by atoms with Crippen molar-refractivity contribution in [1.82, 2.24) is 10.2 Å². The normalized spacial score (nSPS) is 35.2. The van der Waals surface area contributed by atoms with Gasteiger partial charge in [0.2, 0.25) is 0 Å². The Hall–Kier alpha value is -1.83. The largest absolute Gasteiger partial charge is 0.504 e. The predicted octanol–water partition coefficient (Wildman–Crippen LogP) is 3.93. The molecule has 1 spiro atoms. The molecule has 3 aliphatic carbocycles. The van der Waals surface area contributed by atoms with Crippen molar-refractivity contribution in [2.75, 3.05) is 20.2 Å². The van der Waals surface area contributed by atoms with E-state index < -0.39 is 11.6 Å². The van der Waals surface area contributed by atoms with Crippen molar-refractivity contribution in [2.24, 2.45) is 11.8 Å². The van der Waals surface area contributed by atoms with Gasteiger partial charge in [-0.15, -0.1) is 0 Å². The summed E-state index contributed by atoms with van der Waals surface area (Å²) in [4.78, 5) is 16.0. The minimum Gasteiger partial charge on any atom is -0.504 e. The maximum absolute atomic E-state index is 13.3. The van der Waals surface area contributed by atoms with Gasteiger partial charge in [-0.1, -0.05) is 19.9 Å². The molecule has 1 aromatic carbocycles. The van der Waals surface area contributed by atoms with Crippen LogP contribution in [0.3, 0.4) is 0 Å². The third-order valence-corrected chi connectivity index (χ3v) is 9.81. The van der Waals surface area contributed by atoms with Gasteiger partial charge in [-0.25, -0.2) is 0 Å². The van der Waals surface area contributed by atoms with Crippen molar-refractivity contribution in [3.63, 3.8) is 0 Å². The number of ether oxygens (including phenoxy) is 3. The highest BCUT2D eigenvalue weighted by Crippen LogP contribution is 2.66. The summed E-state index contributed by atoms with van der Waals surface area (Å²) in [6, 6.07) is 3.68. The number of esters is 1. The minimum absolute atomic E-state index is 0.0587. The van der Waals surface area contributed by atoms with E-state index in [4.69, 9.17) is 14.2 Å². The molecule has 37 heavy (non-hydrogen) atoms. The van der Waals surface area contributed by atoms with E-state index in [1.165, 1.54) is 18.4 Å². The Morgan fingerprint density at radius 1 is 1.24 bits per heavy atom. The van der Waals surface area contributed by atoms with E-state index in [-0.39, 0.29) is 46.8 Å². The van der Waals surface area contributed by atoms with Gasteiger partial charge in [0.05, 0.1) is 11.0 Å². The number of carbonyl (C=O) groups excluding carboxylic acids is 1.